The van der Waals surface area contributed by atoms with E-state index in [4.69, 9.17) is 4.74 Å². The second kappa shape index (κ2) is 12.3. The Bertz CT molecular complexity index is 1320. The summed E-state index contributed by atoms with van der Waals surface area (Å²) in [5.41, 5.74) is 2.20. The van der Waals surface area contributed by atoms with E-state index in [0.717, 1.165) is 29.5 Å². The molecule has 4 rings (SSSR count). The van der Waals surface area contributed by atoms with E-state index in [-0.39, 0.29) is 17.0 Å². The summed E-state index contributed by atoms with van der Waals surface area (Å²) in [6, 6.07) is 25.2. The van der Waals surface area contributed by atoms with Crippen molar-refractivity contribution >= 4 is 16.1 Å². The van der Waals surface area contributed by atoms with Crippen LogP contribution in [0.15, 0.2) is 89.8 Å². The van der Waals surface area contributed by atoms with Gasteiger partial charge < -0.3 is 15.0 Å². The first kappa shape index (κ1) is 28.8. The van der Waals surface area contributed by atoms with Gasteiger partial charge in [-0.1, -0.05) is 78.4 Å². The Morgan fingerprint density at radius 3 is 2.05 bits per heavy atom. The van der Waals surface area contributed by atoms with Crippen molar-refractivity contribution in [2.24, 2.45) is 0 Å². The molecule has 1 amide bonds. The molecule has 208 valence electrons. The van der Waals surface area contributed by atoms with Crippen LogP contribution >= 0.6 is 0 Å². The lowest BCUT2D eigenvalue weighted by molar-refractivity contribution is 0.0224. The van der Waals surface area contributed by atoms with Crippen molar-refractivity contribution in [1.29, 1.82) is 0 Å². The maximum absolute atomic E-state index is 13.6. The molecule has 8 heteroatoms. The van der Waals surface area contributed by atoms with Crippen LogP contribution < -0.4 is 10.0 Å². The van der Waals surface area contributed by atoms with Crippen molar-refractivity contribution in [3.63, 3.8) is 0 Å². The number of amides is 1. The van der Waals surface area contributed by atoms with E-state index < -0.39 is 27.7 Å². The summed E-state index contributed by atoms with van der Waals surface area (Å²) < 4.78 is 35.8. The molecule has 0 bridgehead atoms. The molecule has 3 atom stereocenters. The second-order valence-corrected chi connectivity index (χ2v) is 12.8. The molecule has 3 aromatic carbocycles. The molecule has 0 aromatic heterocycles. The molecule has 0 saturated carbocycles. The first-order valence-electron chi connectivity index (χ1n) is 13.5. The van der Waals surface area contributed by atoms with E-state index in [0.29, 0.717) is 13.1 Å². The minimum atomic E-state index is -3.83. The minimum Gasteiger partial charge on any atom is -0.444 e. The predicted molar refractivity (Wildman–Crippen MR) is 154 cm³/mol. The predicted octanol–water partition coefficient (Wildman–Crippen LogP) is 5.75. The zero-order chi connectivity index (χ0) is 28.0. The molecule has 0 aliphatic carbocycles. The van der Waals surface area contributed by atoms with Gasteiger partial charge in [0.25, 0.3) is 0 Å². The summed E-state index contributed by atoms with van der Waals surface area (Å²) in [4.78, 5) is 14.9. The van der Waals surface area contributed by atoms with Gasteiger partial charge in [-0.15, -0.1) is 0 Å². The molecule has 1 aliphatic rings. The maximum Gasteiger partial charge on any atom is 0.410 e. The van der Waals surface area contributed by atoms with Gasteiger partial charge in [0, 0.05) is 19.1 Å². The van der Waals surface area contributed by atoms with Crippen LogP contribution in [0, 0.1) is 6.92 Å². The van der Waals surface area contributed by atoms with E-state index in [1.807, 2.05) is 88.4 Å². The number of benzene rings is 3. The molecule has 39 heavy (non-hydrogen) atoms. The van der Waals surface area contributed by atoms with Crippen molar-refractivity contribution in [2.75, 3.05) is 13.1 Å². The fourth-order valence-electron chi connectivity index (χ4n) is 4.90. The molecule has 0 spiro atoms. The maximum atomic E-state index is 13.6. The molecule has 1 fully saturated rings. The number of nitrogens with zero attached hydrogens (tertiary/aromatic N) is 1. The number of carbonyl (C=O) groups excluding carboxylic acids is 1. The second-order valence-electron chi connectivity index (χ2n) is 11.1. The van der Waals surface area contributed by atoms with E-state index >= 15 is 0 Å². The van der Waals surface area contributed by atoms with Gasteiger partial charge in [0.05, 0.1) is 17.0 Å². The standard InChI is InChI=1S/C31H39N3O4S/c1-23-17-19-27(20-18-23)39(36,37)33-29(25-14-9-6-10-15-25)28(24-12-7-5-8-13-24)32-22-26-16-11-21-34(26)30(35)38-31(2,3)4/h5-10,12-15,17-20,26,28-29,32-33H,11,16,21-22H2,1-4H3/t26-,28-,29-/m0/s1. The fraction of sp³-hybridized carbons (Fsp3) is 0.387. The van der Waals surface area contributed by atoms with E-state index in [2.05, 4.69) is 10.0 Å². The van der Waals surface area contributed by atoms with Crippen molar-refractivity contribution in [2.45, 2.75) is 69.2 Å². The van der Waals surface area contributed by atoms with Crippen LogP contribution in [0.25, 0.3) is 0 Å². The number of ether oxygens (including phenoxy) is 1. The first-order chi connectivity index (χ1) is 18.5. The number of hydrogen-bond acceptors (Lipinski definition) is 5. The third-order valence-corrected chi connectivity index (χ3v) is 8.30. The van der Waals surface area contributed by atoms with E-state index in [1.165, 1.54) is 0 Å². The molecule has 2 N–H and O–H groups in total. The molecular formula is C31H39N3O4S. The zero-order valence-electron chi connectivity index (χ0n) is 23.1. The van der Waals surface area contributed by atoms with Gasteiger partial charge in [-0.3, -0.25) is 0 Å². The number of sulfonamides is 1. The third-order valence-electron chi connectivity index (χ3n) is 6.84. The van der Waals surface area contributed by atoms with Gasteiger partial charge >= 0.3 is 6.09 Å². The van der Waals surface area contributed by atoms with Gasteiger partial charge in [0.2, 0.25) is 10.0 Å². The highest BCUT2D eigenvalue weighted by atomic mass is 32.2. The highest BCUT2D eigenvalue weighted by Crippen LogP contribution is 2.32. The summed E-state index contributed by atoms with van der Waals surface area (Å²) in [7, 11) is -3.83. The average Bonchev–Trinajstić information content (AvgIpc) is 3.37. The first-order valence-corrected chi connectivity index (χ1v) is 14.9. The van der Waals surface area contributed by atoms with Gasteiger partial charge in [-0.25, -0.2) is 17.9 Å². The monoisotopic (exact) mass is 549 g/mol. The Kier molecular flexibility index (Phi) is 9.10. The number of hydrogen-bond donors (Lipinski definition) is 2. The average molecular weight is 550 g/mol. The minimum absolute atomic E-state index is 0.0591. The van der Waals surface area contributed by atoms with Crippen LogP contribution in [0.5, 0.6) is 0 Å². The van der Waals surface area contributed by atoms with Gasteiger partial charge in [-0.2, -0.15) is 0 Å². The molecule has 1 saturated heterocycles. The van der Waals surface area contributed by atoms with E-state index in [1.54, 1.807) is 29.2 Å². The lowest BCUT2D eigenvalue weighted by Crippen LogP contribution is -2.46. The molecule has 0 unspecified atom stereocenters. The van der Waals surface area contributed by atoms with E-state index in [9.17, 15) is 13.2 Å². The summed E-state index contributed by atoms with van der Waals surface area (Å²) in [6.07, 6.45) is 1.42. The largest absolute Gasteiger partial charge is 0.444 e. The zero-order valence-corrected chi connectivity index (χ0v) is 23.9. The SMILES string of the molecule is Cc1ccc(S(=O)(=O)N[C@@H](c2ccccc2)[C@@H](NC[C@@H]2CCCN2C(=O)OC(C)(C)C)c2ccccc2)cc1. The summed E-state index contributed by atoms with van der Waals surface area (Å²) >= 11 is 0. The highest BCUT2D eigenvalue weighted by Gasteiger charge is 2.35. The summed E-state index contributed by atoms with van der Waals surface area (Å²) in [5.74, 6) is 0. The Labute approximate surface area is 232 Å². The molecule has 3 aromatic rings. The van der Waals surface area contributed by atoms with Crippen LogP contribution in [-0.4, -0.2) is 44.1 Å². The van der Waals surface area contributed by atoms with Crippen LogP contribution in [0.3, 0.4) is 0 Å². The summed E-state index contributed by atoms with van der Waals surface area (Å²) in [5, 5.41) is 3.63. The van der Waals surface area contributed by atoms with Crippen molar-refractivity contribution in [3.05, 3.63) is 102 Å². The van der Waals surface area contributed by atoms with Crippen molar-refractivity contribution in [3.8, 4) is 0 Å². The third kappa shape index (κ3) is 7.68. The quantitative estimate of drug-likeness (QED) is 0.355. The van der Waals surface area contributed by atoms with Gasteiger partial charge in [0.1, 0.15) is 5.60 Å². The lowest BCUT2D eigenvalue weighted by Gasteiger charge is -2.33. The van der Waals surface area contributed by atoms with Crippen LogP contribution in [-0.2, 0) is 14.8 Å². The molecule has 1 heterocycles. The number of likely N-dealkylation sites (tertiary alicyclic amines) is 1. The van der Waals surface area contributed by atoms with Crippen LogP contribution in [0.4, 0.5) is 4.79 Å². The molecular weight excluding hydrogens is 510 g/mol. The highest BCUT2D eigenvalue weighted by molar-refractivity contribution is 7.89. The Hall–Kier alpha value is -3.20. The molecule has 7 nitrogen and oxygen atoms in total. The number of carbonyl (C=O) groups is 1. The number of aryl methyl sites for hydroxylation is 1. The Balaban J connectivity index is 1.65. The van der Waals surface area contributed by atoms with Crippen molar-refractivity contribution < 1.29 is 17.9 Å². The Morgan fingerprint density at radius 2 is 1.49 bits per heavy atom. The van der Waals surface area contributed by atoms with Crippen LogP contribution in [0.2, 0.25) is 0 Å². The summed E-state index contributed by atoms with van der Waals surface area (Å²) in [6.45, 7) is 8.65. The van der Waals surface area contributed by atoms with Gasteiger partial charge in [0.15, 0.2) is 0 Å². The smallest absolute Gasteiger partial charge is 0.410 e. The number of rotatable bonds is 9. The fourth-order valence-corrected chi connectivity index (χ4v) is 6.14. The normalized spacial score (nSPS) is 17.5. The van der Waals surface area contributed by atoms with Crippen molar-refractivity contribution in [1.82, 2.24) is 14.9 Å². The van der Waals surface area contributed by atoms with Crippen LogP contribution in [0.1, 0.15) is 62.4 Å². The topological polar surface area (TPSA) is 87.7 Å². The molecule has 0 radical (unpaired) electrons. The lowest BCUT2D eigenvalue weighted by atomic mass is 9.93. The number of nitrogens with one attached hydrogen (secondary N) is 2. The van der Waals surface area contributed by atoms with Gasteiger partial charge in [-0.05, 0) is 63.8 Å². The molecule has 1 aliphatic heterocycles. The Morgan fingerprint density at radius 1 is 0.923 bits per heavy atom.